The van der Waals surface area contributed by atoms with Gasteiger partial charge in [0.2, 0.25) is 5.88 Å². The maximum absolute atomic E-state index is 10.6. The minimum atomic E-state index is -0.856. The molecule has 0 saturated carbocycles. The Hall–Kier alpha value is -2.89. The molecule has 3 rings (SSSR count). The van der Waals surface area contributed by atoms with E-state index in [0.29, 0.717) is 11.6 Å². The van der Waals surface area contributed by atoms with Gasteiger partial charge >= 0.3 is 5.97 Å². The quantitative estimate of drug-likeness (QED) is 0.795. The molecule has 21 heavy (non-hydrogen) atoms. The number of benzene rings is 1. The van der Waals surface area contributed by atoms with Crippen molar-refractivity contribution in [2.24, 2.45) is 7.05 Å². The van der Waals surface area contributed by atoms with Gasteiger partial charge in [-0.05, 0) is 23.8 Å². The molecule has 0 unspecified atom stereocenters. The van der Waals surface area contributed by atoms with Gasteiger partial charge in [-0.3, -0.25) is 4.79 Å². The number of fused-ring (bicyclic) bond motifs is 1. The highest BCUT2D eigenvalue weighted by Gasteiger charge is 2.09. The van der Waals surface area contributed by atoms with Crippen LogP contribution >= 0.6 is 0 Å². The molecular weight excluding hydrogens is 270 g/mol. The molecule has 106 valence electrons. The number of carboxylic acids is 1. The molecular formula is C15H13N3O3. The summed E-state index contributed by atoms with van der Waals surface area (Å²) >= 11 is 0. The molecule has 0 radical (unpaired) electrons. The average Bonchev–Trinajstić information content (AvgIpc) is 2.83. The summed E-state index contributed by atoms with van der Waals surface area (Å²) in [5.74, 6) is 0.216. The summed E-state index contributed by atoms with van der Waals surface area (Å²) in [6.07, 6.45) is 3.34. The second kappa shape index (κ2) is 5.24. The van der Waals surface area contributed by atoms with E-state index in [2.05, 4.69) is 9.97 Å². The highest BCUT2D eigenvalue weighted by atomic mass is 16.5. The number of carboxylic acid groups (broad SMARTS) is 1. The van der Waals surface area contributed by atoms with Gasteiger partial charge < -0.3 is 14.4 Å². The van der Waals surface area contributed by atoms with Crippen LogP contribution in [-0.2, 0) is 18.3 Å². The van der Waals surface area contributed by atoms with Crippen molar-refractivity contribution in [3.63, 3.8) is 0 Å². The third kappa shape index (κ3) is 2.69. The predicted molar refractivity (Wildman–Crippen MR) is 76.4 cm³/mol. The van der Waals surface area contributed by atoms with Gasteiger partial charge in [0.1, 0.15) is 17.6 Å². The smallest absolute Gasteiger partial charge is 0.307 e. The zero-order valence-corrected chi connectivity index (χ0v) is 11.4. The molecule has 6 nitrogen and oxygen atoms in total. The summed E-state index contributed by atoms with van der Waals surface area (Å²) in [6.45, 7) is 0. The van der Waals surface area contributed by atoms with Crippen molar-refractivity contribution in [1.82, 2.24) is 14.5 Å². The number of rotatable bonds is 4. The number of aliphatic carboxylic acids is 1. The first-order chi connectivity index (χ1) is 10.1. The molecule has 1 N–H and O–H groups in total. The molecule has 2 heterocycles. The van der Waals surface area contributed by atoms with E-state index in [1.165, 1.54) is 6.33 Å². The number of aryl methyl sites for hydroxylation is 1. The Morgan fingerprint density at radius 2 is 2.00 bits per heavy atom. The second-order valence-electron chi connectivity index (χ2n) is 4.66. The van der Waals surface area contributed by atoms with Gasteiger partial charge in [0.15, 0.2) is 0 Å². The lowest BCUT2D eigenvalue weighted by Crippen LogP contribution is -1.99. The average molecular weight is 283 g/mol. The fraction of sp³-hybridized carbons (Fsp3) is 0.133. The van der Waals surface area contributed by atoms with Crippen molar-refractivity contribution < 1.29 is 14.6 Å². The molecule has 1 aromatic carbocycles. The molecule has 3 aromatic rings. The number of nitrogens with zero attached hydrogens (tertiary/aromatic N) is 3. The maximum Gasteiger partial charge on any atom is 0.307 e. The lowest BCUT2D eigenvalue weighted by molar-refractivity contribution is -0.136. The van der Waals surface area contributed by atoms with Crippen molar-refractivity contribution in [1.29, 1.82) is 0 Å². The van der Waals surface area contributed by atoms with E-state index < -0.39 is 5.97 Å². The van der Waals surface area contributed by atoms with Gasteiger partial charge in [0.05, 0.1) is 11.9 Å². The summed E-state index contributed by atoms with van der Waals surface area (Å²) in [6, 6.07) is 8.81. The largest absolute Gasteiger partial charge is 0.481 e. The number of aromatic nitrogens is 3. The highest BCUT2D eigenvalue weighted by Crippen LogP contribution is 2.26. The summed E-state index contributed by atoms with van der Waals surface area (Å²) in [7, 11) is 1.90. The lowest BCUT2D eigenvalue weighted by Gasteiger charge is -2.07. The Bertz CT molecular complexity index is 794. The fourth-order valence-electron chi connectivity index (χ4n) is 2.12. The van der Waals surface area contributed by atoms with E-state index in [4.69, 9.17) is 9.84 Å². The van der Waals surface area contributed by atoms with Crippen LogP contribution in [0.25, 0.3) is 11.0 Å². The van der Waals surface area contributed by atoms with E-state index >= 15 is 0 Å². The van der Waals surface area contributed by atoms with E-state index in [1.807, 2.05) is 23.9 Å². The van der Waals surface area contributed by atoms with Gasteiger partial charge in [0, 0.05) is 13.2 Å². The molecule has 0 saturated heterocycles. The van der Waals surface area contributed by atoms with Crippen LogP contribution in [0.2, 0.25) is 0 Å². The van der Waals surface area contributed by atoms with Crippen LogP contribution in [0.5, 0.6) is 11.6 Å². The molecule has 0 bridgehead atoms. The lowest BCUT2D eigenvalue weighted by atomic mass is 10.1. The van der Waals surface area contributed by atoms with Gasteiger partial charge in [-0.15, -0.1) is 0 Å². The van der Waals surface area contributed by atoms with Crippen molar-refractivity contribution in [2.75, 3.05) is 0 Å². The Morgan fingerprint density at radius 1 is 1.24 bits per heavy atom. The maximum atomic E-state index is 10.6. The van der Waals surface area contributed by atoms with Gasteiger partial charge in [-0.2, -0.15) is 4.98 Å². The fourth-order valence-corrected chi connectivity index (χ4v) is 2.12. The van der Waals surface area contributed by atoms with Crippen molar-refractivity contribution in [3.05, 3.63) is 48.4 Å². The molecule has 6 heteroatoms. The molecule has 0 spiro atoms. The van der Waals surface area contributed by atoms with Crippen LogP contribution in [-0.4, -0.2) is 25.6 Å². The summed E-state index contributed by atoms with van der Waals surface area (Å²) in [5.41, 5.74) is 2.35. The number of hydrogen-bond donors (Lipinski definition) is 1. The van der Waals surface area contributed by atoms with Crippen molar-refractivity contribution in [2.45, 2.75) is 6.42 Å². The summed E-state index contributed by atoms with van der Waals surface area (Å²) in [4.78, 5) is 19.0. The normalized spacial score (nSPS) is 10.7. The molecule has 0 amide bonds. The third-order valence-electron chi connectivity index (χ3n) is 3.12. The molecule has 0 atom stereocenters. The summed E-state index contributed by atoms with van der Waals surface area (Å²) < 4.78 is 7.66. The number of carbonyl (C=O) groups is 1. The van der Waals surface area contributed by atoms with Crippen LogP contribution in [0.3, 0.4) is 0 Å². The Morgan fingerprint density at radius 3 is 2.71 bits per heavy atom. The van der Waals surface area contributed by atoms with E-state index in [1.54, 1.807) is 24.3 Å². The van der Waals surface area contributed by atoms with E-state index in [0.717, 1.165) is 16.6 Å². The zero-order chi connectivity index (χ0) is 14.8. The number of hydrogen-bond acceptors (Lipinski definition) is 4. The van der Waals surface area contributed by atoms with Crippen LogP contribution in [0, 0.1) is 0 Å². The van der Waals surface area contributed by atoms with Gasteiger partial charge in [-0.1, -0.05) is 12.1 Å². The molecule has 0 aliphatic heterocycles. The SMILES string of the molecule is Cn1ccc2ncnc(Oc3ccc(CC(=O)O)cc3)c21. The minimum Gasteiger partial charge on any atom is -0.481 e. The van der Waals surface area contributed by atoms with Crippen LogP contribution in [0.1, 0.15) is 5.56 Å². The first-order valence-electron chi connectivity index (χ1n) is 6.38. The Kier molecular flexibility index (Phi) is 3.27. The van der Waals surface area contributed by atoms with Crippen molar-refractivity contribution in [3.8, 4) is 11.6 Å². The summed E-state index contributed by atoms with van der Waals surface area (Å²) in [5, 5.41) is 8.75. The molecule has 0 aliphatic rings. The molecule has 2 aromatic heterocycles. The minimum absolute atomic E-state index is 0.00412. The first kappa shape index (κ1) is 13.1. The predicted octanol–water partition coefficient (Wildman–Crippen LogP) is 2.39. The van der Waals surface area contributed by atoms with Gasteiger partial charge in [0.25, 0.3) is 0 Å². The molecule has 0 aliphatic carbocycles. The van der Waals surface area contributed by atoms with Crippen LogP contribution < -0.4 is 4.74 Å². The van der Waals surface area contributed by atoms with E-state index in [9.17, 15) is 4.79 Å². The standard InChI is InChI=1S/C15H13N3O3/c1-18-7-6-12-14(18)15(17-9-16-12)21-11-4-2-10(3-5-11)8-13(19)20/h2-7,9H,8H2,1H3,(H,19,20). The van der Waals surface area contributed by atoms with Crippen molar-refractivity contribution >= 4 is 17.0 Å². The topological polar surface area (TPSA) is 77.2 Å². The first-order valence-corrected chi connectivity index (χ1v) is 6.38. The monoisotopic (exact) mass is 283 g/mol. The third-order valence-corrected chi connectivity index (χ3v) is 3.12. The second-order valence-corrected chi connectivity index (χ2v) is 4.66. The van der Waals surface area contributed by atoms with E-state index in [-0.39, 0.29) is 6.42 Å². The molecule has 0 fully saturated rings. The van der Waals surface area contributed by atoms with Crippen LogP contribution in [0.15, 0.2) is 42.9 Å². The Balaban J connectivity index is 1.88. The highest BCUT2D eigenvalue weighted by molar-refractivity contribution is 5.80. The zero-order valence-electron chi connectivity index (χ0n) is 11.4. The van der Waals surface area contributed by atoms with Gasteiger partial charge in [-0.25, -0.2) is 4.98 Å². The van der Waals surface area contributed by atoms with Crippen LogP contribution in [0.4, 0.5) is 0 Å². The number of ether oxygens (including phenoxy) is 1. The Labute approximate surface area is 120 Å².